The molecule has 0 aliphatic carbocycles. The fourth-order valence-electron chi connectivity index (χ4n) is 1.74. The Morgan fingerprint density at radius 1 is 1.35 bits per heavy atom. The molecule has 4 nitrogen and oxygen atoms in total. The van der Waals surface area contributed by atoms with Gasteiger partial charge in [-0.3, -0.25) is 4.79 Å². The Morgan fingerprint density at radius 3 is 2.82 bits per heavy atom. The molecule has 0 spiro atoms. The highest BCUT2D eigenvalue weighted by Gasteiger charge is 2.03. The maximum absolute atomic E-state index is 11.4. The van der Waals surface area contributed by atoms with E-state index in [1.54, 1.807) is 0 Å². The molecule has 0 radical (unpaired) electrons. The van der Waals surface area contributed by atoms with E-state index in [2.05, 4.69) is 9.97 Å². The van der Waals surface area contributed by atoms with Crippen molar-refractivity contribution in [1.29, 1.82) is 0 Å². The molecule has 0 bridgehead atoms. The predicted molar refractivity (Wildman–Crippen MR) is 66.7 cm³/mol. The van der Waals surface area contributed by atoms with E-state index in [-0.39, 0.29) is 12.1 Å². The first kappa shape index (κ1) is 11.5. The van der Waals surface area contributed by atoms with Gasteiger partial charge < -0.3 is 10.7 Å². The number of hydrogen-bond donors (Lipinski definition) is 2. The van der Waals surface area contributed by atoms with Crippen molar-refractivity contribution in [1.82, 2.24) is 9.97 Å². The summed E-state index contributed by atoms with van der Waals surface area (Å²) in [6.07, 6.45) is 0.621. The first-order valence-electron chi connectivity index (χ1n) is 5.52. The first-order valence-corrected chi connectivity index (χ1v) is 5.52. The monoisotopic (exact) mass is 229 g/mol. The minimum Gasteiger partial charge on any atom is -0.325 e. The van der Waals surface area contributed by atoms with Crippen LogP contribution in [0.2, 0.25) is 0 Å². The number of aryl methyl sites for hydroxylation is 1. The van der Waals surface area contributed by atoms with Gasteiger partial charge in [-0.25, -0.2) is 4.98 Å². The molecule has 2 rings (SSSR count). The van der Waals surface area contributed by atoms with Crippen molar-refractivity contribution in [3.05, 3.63) is 63.3 Å². The van der Waals surface area contributed by atoms with Crippen LogP contribution in [-0.4, -0.2) is 9.97 Å². The molecule has 0 aliphatic heterocycles. The van der Waals surface area contributed by atoms with Crippen LogP contribution in [0.5, 0.6) is 0 Å². The van der Waals surface area contributed by atoms with Crippen molar-refractivity contribution in [2.75, 3.05) is 0 Å². The highest BCUT2D eigenvalue weighted by molar-refractivity contribution is 5.28. The Morgan fingerprint density at radius 2 is 2.12 bits per heavy atom. The summed E-state index contributed by atoms with van der Waals surface area (Å²) >= 11 is 0. The lowest BCUT2D eigenvalue weighted by Crippen LogP contribution is -2.15. The van der Waals surface area contributed by atoms with Crippen molar-refractivity contribution in [2.24, 2.45) is 5.73 Å². The van der Waals surface area contributed by atoms with Crippen LogP contribution in [0.1, 0.15) is 22.6 Å². The van der Waals surface area contributed by atoms with Gasteiger partial charge in [-0.2, -0.15) is 0 Å². The van der Waals surface area contributed by atoms with Crippen LogP contribution >= 0.6 is 0 Å². The van der Waals surface area contributed by atoms with Gasteiger partial charge in [0.25, 0.3) is 5.56 Å². The molecule has 0 unspecified atom stereocenters. The van der Waals surface area contributed by atoms with Crippen LogP contribution in [0.15, 0.2) is 35.1 Å². The molecule has 1 aromatic heterocycles. The van der Waals surface area contributed by atoms with E-state index in [1.165, 1.54) is 11.6 Å². The van der Waals surface area contributed by atoms with Gasteiger partial charge >= 0.3 is 0 Å². The molecular formula is C13H15N3O. The van der Waals surface area contributed by atoms with Gasteiger partial charge in [0.1, 0.15) is 5.82 Å². The van der Waals surface area contributed by atoms with E-state index >= 15 is 0 Å². The lowest BCUT2D eigenvalue weighted by atomic mass is 10.1. The highest BCUT2D eigenvalue weighted by atomic mass is 16.1. The van der Waals surface area contributed by atoms with Crippen LogP contribution in [0.4, 0.5) is 0 Å². The van der Waals surface area contributed by atoms with Crippen LogP contribution in [0.3, 0.4) is 0 Å². The van der Waals surface area contributed by atoms with Crippen molar-refractivity contribution in [2.45, 2.75) is 19.9 Å². The van der Waals surface area contributed by atoms with E-state index in [4.69, 9.17) is 5.73 Å². The van der Waals surface area contributed by atoms with Crippen molar-refractivity contribution < 1.29 is 0 Å². The number of hydrogen-bond acceptors (Lipinski definition) is 3. The predicted octanol–water partition coefficient (Wildman–Crippen LogP) is 1.13. The number of aromatic amines is 1. The standard InChI is InChI=1S/C13H15N3O/c1-9-4-2-3-5-10(9)6-12-15-11(8-14)7-13(17)16-12/h2-5,7H,6,8,14H2,1H3,(H,15,16,17). The second-order valence-corrected chi connectivity index (χ2v) is 3.99. The van der Waals surface area contributed by atoms with Crippen molar-refractivity contribution in [3.8, 4) is 0 Å². The normalized spacial score (nSPS) is 10.5. The number of nitrogens with one attached hydrogen (secondary N) is 1. The highest BCUT2D eigenvalue weighted by Crippen LogP contribution is 2.10. The molecular weight excluding hydrogens is 214 g/mol. The van der Waals surface area contributed by atoms with Gasteiger partial charge in [-0.15, -0.1) is 0 Å². The molecule has 17 heavy (non-hydrogen) atoms. The molecule has 0 amide bonds. The molecule has 88 valence electrons. The van der Waals surface area contributed by atoms with Gasteiger partial charge in [0.05, 0.1) is 5.69 Å². The molecule has 0 saturated carbocycles. The second kappa shape index (κ2) is 4.93. The zero-order valence-electron chi connectivity index (χ0n) is 9.73. The summed E-state index contributed by atoms with van der Waals surface area (Å²) in [6.45, 7) is 2.32. The molecule has 0 saturated heterocycles. The van der Waals surface area contributed by atoms with Crippen molar-refractivity contribution >= 4 is 0 Å². The lowest BCUT2D eigenvalue weighted by molar-refractivity contribution is 0.872. The number of H-pyrrole nitrogens is 1. The summed E-state index contributed by atoms with van der Waals surface area (Å²) in [7, 11) is 0. The molecule has 1 heterocycles. The maximum atomic E-state index is 11.4. The Bertz CT molecular complexity index is 575. The average Bonchev–Trinajstić information content (AvgIpc) is 2.31. The van der Waals surface area contributed by atoms with Crippen LogP contribution in [-0.2, 0) is 13.0 Å². The van der Waals surface area contributed by atoms with Gasteiger partial charge in [-0.05, 0) is 18.1 Å². The summed E-state index contributed by atoms with van der Waals surface area (Å²) in [5, 5.41) is 0. The Kier molecular flexibility index (Phi) is 3.35. The van der Waals surface area contributed by atoms with E-state index < -0.39 is 0 Å². The zero-order valence-corrected chi connectivity index (χ0v) is 9.73. The number of benzene rings is 1. The minimum atomic E-state index is -0.149. The number of nitrogens with zero attached hydrogens (tertiary/aromatic N) is 1. The maximum Gasteiger partial charge on any atom is 0.251 e. The van der Waals surface area contributed by atoms with Gasteiger partial charge in [0, 0.05) is 19.0 Å². The van der Waals surface area contributed by atoms with Gasteiger partial charge in [0.15, 0.2) is 0 Å². The Balaban J connectivity index is 2.33. The molecule has 0 atom stereocenters. The smallest absolute Gasteiger partial charge is 0.251 e. The van der Waals surface area contributed by atoms with E-state index in [0.717, 1.165) is 5.56 Å². The fourth-order valence-corrected chi connectivity index (χ4v) is 1.74. The molecule has 0 fully saturated rings. The average molecular weight is 229 g/mol. The number of rotatable bonds is 3. The molecule has 2 aromatic rings. The van der Waals surface area contributed by atoms with Crippen LogP contribution < -0.4 is 11.3 Å². The SMILES string of the molecule is Cc1ccccc1Cc1nc(CN)cc(=O)[nH]1. The quantitative estimate of drug-likeness (QED) is 0.828. The Hall–Kier alpha value is -1.94. The van der Waals surface area contributed by atoms with E-state index in [0.29, 0.717) is 17.9 Å². The minimum absolute atomic E-state index is 0.149. The van der Waals surface area contributed by atoms with E-state index in [9.17, 15) is 4.79 Å². The number of aromatic nitrogens is 2. The number of nitrogens with two attached hydrogens (primary N) is 1. The van der Waals surface area contributed by atoms with Crippen molar-refractivity contribution in [3.63, 3.8) is 0 Å². The zero-order chi connectivity index (χ0) is 12.3. The van der Waals surface area contributed by atoms with Gasteiger partial charge in [-0.1, -0.05) is 24.3 Å². The van der Waals surface area contributed by atoms with E-state index in [1.807, 2.05) is 31.2 Å². The summed E-state index contributed by atoms with van der Waals surface area (Å²) in [5.41, 5.74) is 8.31. The summed E-state index contributed by atoms with van der Waals surface area (Å²) < 4.78 is 0. The molecule has 4 heteroatoms. The van der Waals surface area contributed by atoms with Crippen LogP contribution in [0.25, 0.3) is 0 Å². The summed E-state index contributed by atoms with van der Waals surface area (Å²) in [5.74, 6) is 0.659. The molecule has 1 aromatic carbocycles. The Labute approximate surface area is 99.5 Å². The first-order chi connectivity index (χ1) is 8.19. The lowest BCUT2D eigenvalue weighted by Gasteiger charge is -2.05. The molecule has 0 aliphatic rings. The summed E-state index contributed by atoms with van der Waals surface area (Å²) in [4.78, 5) is 18.4. The van der Waals surface area contributed by atoms with Gasteiger partial charge in [0.2, 0.25) is 0 Å². The second-order valence-electron chi connectivity index (χ2n) is 3.99. The third kappa shape index (κ3) is 2.79. The third-order valence-electron chi connectivity index (χ3n) is 2.67. The topological polar surface area (TPSA) is 71.8 Å². The molecule has 3 N–H and O–H groups in total. The fraction of sp³-hybridized carbons (Fsp3) is 0.231. The largest absolute Gasteiger partial charge is 0.325 e. The third-order valence-corrected chi connectivity index (χ3v) is 2.67. The van der Waals surface area contributed by atoms with Crippen LogP contribution in [0, 0.1) is 6.92 Å². The summed E-state index contributed by atoms with van der Waals surface area (Å²) in [6, 6.07) is 9.48.